The molecule has 0 spiro atoms. The zero-order valence-corrected chi connectivity index (χ0v) is 20.7. The van der Waals surface area contributed by atoms with E-state index in [1.54, 1.807) is 36.0 Å². The smallest absolute Gasteiger partial charge is 0.293 e. The number of nitro benzene ring substituents is 1. The summed E-state index contributed by atoms with van der Waals surface area (Å²) in [6.45, 7) is 8.19. The van der Waals surface area contributed by atoms with Gasteiger partial charge in [0.25, 0.3) is 11.6 Å². The molecule has 1 amide bonds. The summed E-state index contributed by atoms with van der Waals surface area (Å²) < 4.78 is 28.3. The van der Waals surface area contributed by atoms with E-state index >= 15 is 0 Å². The summed E-state index contributed by atoms with van der Waals surface area (Å²) in [6, 6.07) is 6.39. The number of anilines is 1. The van der Waals surface area contributed by atoms with Gasteiger partial charge in [-0.3, -0.25) is 14.9 Å². The zero-order valence-electron chi connectivity index (χ0n) is 19.9. The highest BCUT2D eigenvalue weighted by molar-refractivity contribution is 7.89. The van der Waals surface area contributed by atoms with Gasteiger partial charge in [0.05, 0.1) is 9.82 Å². The molecule has 1 heterocycles. The first-order valence-electron chi connectivity index (χ1n) is 10.7. The van der Waals surface area contributed by atoms with Crippen LogP contribution < -0.4 is 4.90 Å². The first-order valence-corrected chi connectivity index (χ1v) is 12.1. The fourth-order valence-corrected chi connectivity index (χ4v) is 6.19. The van der Waals surface area contributed by atoms with E-state index in [4.69, 9.17) is 0 Å². The van der Waals surface area contributed by atoms with Gasteiger partial charge < -0.3 is 9.80 Å². The Morgan fingerprint density at radius 2 is 1.52 bits per heavy atom. The maximum Gasteiger partial charge on any atom is 0.293 e. The van der Waals surface area contributed by atoms with Gasteiger partial charge in [0.1, 0.15) is 5.69 Å². The van der Waals surface area contributed by atoms with Crippen LogP contribution in [-0.4, -0.2) is 68.7 Å². The van der Waals surface area contributed by atoms with Crippen LogP contribution in [0.15, 0.2) is 29.2 Å². The van der Waals surface area contributed by atoms with Crippen LogP contribution in [0.1, 0.15) is 32.6 Å². The molecule has 1 fully saturated rings. The Bertz CT molecular complexity index is 1190. The lowest BCUT2D eigenvalue weighted by Crippen LogP contribution is -2.50. The molecule has 33 heavy (non-hydrogen) atoms. The van der Waals surface area contributed by atoms with Crippen LogP contribution >= 0.6 is 0 Å². The van der Waals surface area contributed by atoms with E-state index in [9.17, 15) is 23.3 Å². The van der Waals surface area contributed by atoms with E-state index in [1.165, 1.54) is 10.4 Å². The molecule has 3 rings (SSSR count). The van der Waals surface area contributed by atoms with Crippen LogP contribution in [0.3, 0.4) is 0 Å². The lowest BCUT2D eigenvalue weighted by molar-refractivity contribution is -0.384. The first kappa shape index (κ1) is 24.7. The summed E-state index contributed by atoms with van der Waals surface area (Å²) in [6.07, 6.45) is 0. The number of benzene rings is 2. The second-order valence-corrected chi connectivity index (χ2v) is 10.5. The molecule has 0 bridgehead atoms. The predicted octanol–water partition coefficient (Wildman–Crippen LogP) is 3.04. The molecule has 0 radical (unpaired) electrons. The molecule has 2 aromatic rings. The maximum atomic E-state index is 13.4. The van der Waals surface area contributed by atoms with Gasteiger partial charge in [-0.2, -0.15) is 4.31 Å². The van der Waals surface area contributed by atoms with E-state index in [0.717, 1.165) is 22.3 Å². The molecule has 10 heteroatoms. The highest BCUT2D eigenvalue weighted by Gasteiger charge is 2.33. The van der Waals surface area contributed by atoms with Crippen molar-refractivity contribution in [1.82, 2.24) is 9.21 Å². The van der Waals surface area contributed by atoms with E-state index < -0.39 is 14.9 Å². The molecule has 9 nitrogen and oxygen atoms in total. The highest BCUT2D eigenvalue weighted by Crippen LogP contribution is 2.30. The second kappa shape index (κ2) is 9.11. The van der Waals surface area contributed by atoms with Crippen molar-refractivity contribution in [1.29, 1.82) is 0 Å². The number of carbonyl (C=O) groups excluding carboxylic acids is 1. The summed E-state index contributed by atoms with van der Waals surface area (Å²) in [5.74, 6) is -0.348. The van der Waals surface area contributed by atoms with Crippen LogP contribution in [0, 0.1) is 37.8 Å². The number of hydrogen-bond acceptors (Lipinski definition) is 6. The number of piperazine rings is 1. The Hall–Kier alpha value is -2.98. The number of aryl methyl sites for hydroxylation is 2. The molecule has 1 aliphatic heterocycles. The van der Waals surface area contributed by atoms with Gasteiger partial charge in [-0.1, -0.05) is 6.07 Å². The number of carbonyl (C=O) groups is 1. The van der Waals surface area contributed by atoms with Crippen LogP contribution in [0.25, 0.3) is 0 Å². The molecular weight excluding hydrogens is 444 g/mol. The van der Waals surface area contributed by atoms with Crippen molar-refractivity contribution >= 4 is 27.3 Å². The topological polar surface area (TPSA) is 104 Å². The molecule has 0 saturated carbocycles. The molecule has 2 aromatic carbocycles. The Labute approximate surface area is 194 Å². The lowest BCUT2D eigenvalue weighted by atomic mass is 10.0. The van der Waals surface area contributed by atoms with Gasteiger partial charge in [-0.25, -0.2) is 8.42 Å². The molecule has 0 atom stereocenters. The number of sulfonamides is 1. The third-order valence-electron chi connectivity index (χ3n) is 6.32. The van der Waals surface area contributed by atoms with Gasteiger partial charge in [0.15, 0.2) is 0 Å². The van der Waals surface area contributed by atoms with Gasteiger partial charge in [-0.15, -0.1) is 0 Å². The minimum absolute atomic E-state index is 0.146. The summed E-state index contributed by atoms with van der Waals surface area (Å²) in [4.78, 5) is 27.4. The van der Waals surface area contributed by atoms with Gasteiger partial charge in [0.2, 0.25) is 10.0 Å². The Kier molecular flexibility index (Phi) is 6.80. The van der Waals surface area contributed by atoms with Crippen molar-refractivity contribution in [2.75, 3.05) is 45.2 Å². The Balaban J connectivity index is 1.81. The lowest BCUT2D eigenvalue weighted by Gasteiger charge is -2.35. The number of hydrogen-bond donors (Lipinski definition) is 0. The van der Waals surface area contributed by atoms with Gasteiger partial charge >= 0.3 is 0 Å². The largest absolute Gasteiger partial charge is 0.372 e. The van der Waals surface area contributed by atoms with E-state index in [1.807, 2.05) is 33.8 Å². The minimum Gasteiger partial charge on any atom is -0.372 e. The Morgan fingerprint density at radius 3 is 2.00 bits per heavy atom. The van der Waals surface area contributed by atoms with Crippen molar-refractivity contribution in [3.8, 4) is 0 Å². The number of nitrogens with zero attached hydrogens (tertiary/aromatic N) is 4. The van der Waals surface area contributed by atoms with Crippen LogP contribution in [0.5, 0.6) is 0 Å². The standard InChI is InChI=1S/C23H30N4O5S/c1-15-13-16(2)18(4)22(17(15)3)33(31,32)26-11-9-25(10-12-26)23(28)19-7-8-20(24(5)6)21(14-19)27(29)30/h7-8,13-14H,9-12H2,1-6H3. The SMILES string of the molecule is Cc1cc(C)c(C)c(S(=O)(=O)N2CCN(C(=O)c3ccc(N(C)C)c([N+](=O)[O-])c3)CC2)c1C. The summed E-state index contributed by atoms with van der Waals surface area (Å²) in [5, 5.41) is 11.4. The first-order chi connectivity index (χ1) is 15.4. The number of amides is 1. The molecule has 1 saturated heterocycles. The molecule has 0 aliphatic carbocycles. The highest BCUT2D eigenvalue weighted by atomic mass is 32.2. The molecule has 1 aliphatic rings. The summed E-state index contributed by atoms with van der Waals surface area (Å²) in [7, 11) is -0.321. The average molecular weight is 475 g/mol. The fraction of sp³-hybridized carbons (Fsp3) is 0.435. The number of nitro groups is 1. The van der Waals surface area contributed by atoms with Crippen molar-refractivity contribution in [3.05, 3.63) is 62.2 Å². The molecule has 178 valence electrons. The molecule has 0 N–H and O–H groups in total. The summed E-state index contributed by atoms with van der Waals surface area (Å²) >= 11 is 0. The van der Waals surface area contributed by atoms with Crippen molar-refractivity contribution in [2.45, 2.75) is 32.6 Å². The zero-order chi connectivity index (χ0) is 24.7. The molecule has 0 unspecified atom stereocenters. The third-order valence-corrected chi connectivity index (χ3v) is 8.50. The van der Waals surface area contributed by atoms with Crippen LogP contribution in [0.4, 0.5) is 11.4 Å². The van der Waals surface area contributed by atoms with Crippen molar-refractivity contribution in [3.63, 3.8) is 0 Å². The fourth-order valence-electron chi connectivity index (χ4n) is 4.19. The maximum absolute atomic E-state index is 13.4. The summed E-state index contributed by atoms with van der Waals surface area (Å²) in [5.41, 5.74) is 3.81. The second-order valence-electron chi connectivity index (χ2n) is 8.64. The quantitative estimate of drug-likeness (QED) is 0.487. The molecular formula is C23H30N4O5S. The van der Waals surface area contributed by atoms with Crippen LogP contribution in [-0.2, 0) is 10.0 Å². The van der Waals surface area contributed by atoms with Crippen molar-refractivity contribution in [2.24, 2.45) is 0 Å². The average Bonchev–Trinajstić information content (AvgIpc) is 2.76. The van der Waals surface area contributed by atoms with E-state index in [-0.39, 0.29) is 43.3 Å². The normalized spacial score (nSPS) is 14.9. The Morgan fingerprint density at radius 1 is 0.970 bits per heavy atom. The number of rotatable bonds is 5. The van der Waals surface area contributed by atoms with Crippen LogP contribution in [0.2, 0.25) is 0 Å². The van der Waals surface area contributed by atoms with Gasteiger partial charge in [0, 0.05) is 51.9 Å². The minimum atomic E-state index is -3.71. The monoisotopic (exact) mass is 474 g/mol. The predicted molar refractivity (Wildman–Crippen MR) is 127 cm³/mol. The van der Waals surface area contributed by atoms with E-state index in [0.29, 0.717) is 10.6 Å². The molecule has 0 aromatic heterocycles. The van der Waals surface area contributed by atoms with Crippen molar-refractivity contribution < 1.29 is 18.1 Å². The van der Waals surface area contributed by atoms with E-state index in [2.05, 4.69) is 0 Å². The van der Waals surface area contributed by atoms with Gasteiger partial charge in [-0.05, 0) is 62.1 Å². The third kappa shape index (κ3) is 4.58.